The monoisotopic (exact) mass is 508 g/mol. The zero-order valence-electron chi connectivity index (χ0n) is 17.6. The quantitative estimate of drug-likeness (QED) is 0.423. The van der Waals surface area contributed by atoms with Crippen molar-refractivity contribution < 1.29 is 22.7 Å². The molecule has 0 radical (unpaired) electrons. The maximum absolute atomic E-state index is 12.3. The average molecular weight is 509 g/mol. The van der Waals surface area contributed by atoms with Crippen molar-refractivity contribution in [3.63, 3.8) is 0 Å². The van der Waals surface area contributed by atoms with E-state index >= 15 is 0 Å². The normalized spacial score (nSPS) is 12.1. The van der Waals surface area contributed by atoms with Gasteiger partial charge < -0.3 is 15.2 Å². The Kier molecular flexibility index (Phi) is 8.20. The molecule has 1 unspecified atom stereocenters. The fourth-order valence-corrected chi connectivity index (χ4v) is 4.17. The summed E-state index contributed by atoms with van der Waals surface area (Å²) in [6.45, 7) is 1.70. The van der Waals surface area contributed by atoms with Gasteiger partial charge in [-0.05, 0) is 48.9 Å². The number of benzene rings is 3. The fourth-order valence-electron chi connectivity index (χ4n) is 2.91. The zero-order chi connectivity index (χ0) is 24.0. The molecule has 0 saturated heterocycles. The van der Waals surface area contributed by atoms with Crippen molar-refractivity contribution in [3.05, 3.63) is 87.9 Å². The molecule has 3 aromatic carbocycles. The zero-order valence-corrected chi connectivity index (χ0v) is 20.0. The van der Waals surface area contributed by atoms with Gasteiger partial charge in [-0.3, -0.25) is 4.79 Å². The second-order valence-electron chi connectivity index (χ2n) is 7.03. The number of carbonyl (C=O) groups excluding carboxylic acids is 1. The Morgan fingerprint density at radius 1 is 1.00 bits per heavy atom. The van der Waals surface area contributed by atoms with Crippen molar-refractivity contribution in [2.24, 2.45) is 5.73 Å². The number of halogens is 2. The van der Waals surface area contributed by atoms with Gasteiger partial charge in [0.15, 0.2) is 0 Å². The van der Waals surface area contributed by atoms with Crippen LogP contribution in [-0.2, 0) is 10.0 Å². The van der Waals surface area contributed by atoms with Crippen LogP contribution in [0, 0.1) is 0 Å². The molecule has 33 heavy (non-hydrogen) atoms. The summed E-state index contributed by atoms with van der Waals surface area (Å²) in [4.78, 5) is 12.3. The van der Waals surface area contributed by atoms with Crippen molar-refractivity contribution in [3.8, 4) is 17.2 Å². The van der Waals surface area contributed by atoms with Crippen LogP contribution in [-0.4, -0.2) is 26.6 Å². The molecule has 0 aliphatic carbocycles. The van der Waals surface area contributed by atoms with Crippen LogP contribution < -0.4 is 19.9 Å². The standard InChI is InChI=1S/C23H22Cl2N2O5S/c1-15(16-6-5-9-18(14-16)32-17-7-3-2-4-8-17)31-20-11-10-19(21(24)22(20)25)23(28)27-33(29,30)13-12-26/h2-11,14-15H,12-13,26H2,1H3,(H,27,28). The van der Waals surface area contributed by atoms with Crippen molar-refractivity contribution >= 4 is 39.1 Å². The van der Waals surface area contributed by atoms with Crippen LogP contribution in [0.3, 0.4) is 0 Å². The van der Waals surface area contributed by atoms with Gasteiger partial charge in [0, 0.05) is 6.54 Å². The highest BCUT2D eigenvalue weighted by atomic mass is 35.5. The molecule has 0 spiro atoms. The number of amides is 1. The third-order valence-electron chi connectivity index (χ3n) is 4.54. The number of nitrogens with one attached hydrogen (secondary N) is 1. The average Bonchev–Trinajstić information content (AvgIpc) is 2.77. The van der Waals surface area contributed by atoms with Gasteiger partial charge in [0.1, 0.15) is 28.4 Å². The van der Waals surface area contributed by atoms with Gasteiger partial charge in [0.2, 0.25) is 10.0 Å². The lowest BCUT2D eigenvalue weighted by molar-refractivity contribution is 0.0981. The van der Waals surface area contributed by atoms with Crippen LogP contribution in [0.4, 0.5) is 0 Å². The van der Waals surface area contributed by atoms with Gasteiger partial charge in [-0.2, -0.15) is 0 Å². The largest absolute Gasteiger partial charge is 0.484 e. The number of rotatable bonds is 9. The number of carbonyl (C=O) groups is 1. The molecular weight excluding hydrogens is 487 g/mol. The molecule has 10 heteroatoms. The van der Waals surface area contributed by atoms with Gasteiger partial charge in [0.05, 0.1) is 16.3 Å². The summed E-state index contributed by atoms with van der Waals surface area (Å²) in [5.74, 6) is 0.297. The first-order chi connectivity index (χ1) is 15.7. The van der Waals surface area contributed by atoms with E-state index in [1.165, 1.54) is 12.1 Å². The Balaban J connectivity index is 1.75. The summed E-state index contributed by atoms with van der Waals surface area (Å²) in [6, 6.07) is 19.6. The first kappa shape index (κ1) is 24.9. The van der Waals surface area contributed by atoms with Crippen molar-refractivity contribution in [1.29, 1.82) is 0 Å². The van der Waals surface area contributed by atoms with Crippen LogP contribution in [0.5, 0.6) is 17.2 Å². The molecule has 3 rings (SSSR count). The lowest BCUT2D eigenvalue weighted by Gasteiger charge is -2.18. The molecule has 7 nitrogen and oxygen atoms in total. The van der Waals surface area contributed by atoms with Crippen LogP contribution in [0.25, 0.3) is 0 Å². The Morgan fingerprint density at radius 3 is 2.39 bits per heavy atom. The molecule has 174 valence electrons. The second-order valence-corrected chi connectivity index (χ2v) is 9.62. The molecule has 0 aliphatic rings. The van der Waals surface area contributed by atoms with Crippen molar-refractivity contribution in [2.45, 2.75) is 13.0 Å². The van der Waals surface area contributed by atoms with Gasteiger partial charge in [0.25, 0.3) is 5.91 Å². The summed E-state index contributed by atoms with van der Waals surface area (Å²) in [7, 11) is -3.87. The van der Waals surface area contributed by atoms with E-state index in [4.69, 9.17) is 38.4 Å². The first-order valence-electron chi connectivity index (χ1n) is 9.92. The summed E-state index contributed by atoms with van der Waals surface area (Å²) in [5, 5.41) is -0.132. The van der Waals surface area contributed by atoms with E-state index in [9.17, 15) is 13.2 Å². The third kappa shape index (κ3) is 6.61. The minimum atomic E-state index is -3.87. The highest BCUT2D eigenvalue weighted by molar-refractivity contribution is 7.90. The molecule has 0 heterocycles. The van der Waals surface area contributed by atoms with Crippen LogP contribution in [0.15, 0.2) is 66.7 Å². The maximum atomic E-state index is 12.3. The predicted octanol–water partition coefficient (Wildman–Crippen LogP) is 4.94. The van der Waals surface area contributed by atoms with Crippen LogP contribution >= 0.6 is 23.2 Å². The van der Waals surface area contributed by atoms with Crippen LogP contribution in [0.2, 0.25) is 10.0 Å². The Bertz CT molecular complexity index is 1240. The smallest absolute Gasteiger partial charge is 0.266 e. The lowest BCUT2D eigenvalue weighted by Crippen LogP contribution is -2.34. The minimum Gasteiger partial charge on any atom is -0.484 e. The predicted molar refractivity (Wildman–Crippen MR) is 129 cm³/mol. The van der Waals surface area contributed by atoms with E-state index in [1.807, 2.05) is 66.2 Å². The molecule has 0 fully saturated rings. The van der Waals surface area contributed by atoms with Gasteiger partial charge in [-0.25, -0.2) is 13.1 Å². The van der Waals surface area contributed by atoms with Crippen molar-refractivity contribution in [1.82, 2.24) is 4.72 Å². The number of ether oxygens (including phenoxy) is 2. The number of hydrogen-bond acceptors (Lipinski definition) is 6. The SMILES string of the molecule is CC(Oc1ccc(C(=O)NS(=O)(=O)CCN)c(Cl)c1Cl)c1cccc(Oc2ccccc2)c1. The molecule has 0 aliphatic heterocycles. The molecule has 1 atom stereocenters. The Labute approximate surface area is 202 Å². The summed E-state index contributed by atoms with van der Waals surface area (Å²) >= 11 is 12.5. The Hall–Kier alpha value is -2.78. The van der Waals surface area contributed by atoms with Gasteiger partial charge >= 0.3 is 0 Å². The number of para-hydroxylation sites is 1. The highest BCUT2D eigenvalue weighted by Crippen LogP contribution is 2.37. The molecule has 3 N–H and O–H groups in total. The number of hydrogen-bond donors (Lipinski definition) is 2. The lowest BCUT2D eigenvalue weighted by atomic mass is 10.1. The van der Waals surface area contributed by atoms with E-state index < -0.39 is 27.8 Å². The minimum absolute atomic E-state index is 0.0101. The second kappa shape index (κ2) is 10.9. The molecule has 1 amide bonds. The molecule has 0 bridgehead atoms. The first-order valence-corrected chi connectivity index (χ1v) is 12.3. The van der Waals surface area contributed by atoms with Gasteiger partial charge in [-0.1, -0.05) is 53.5 Å². The molecule has 0 saturated carbocycles. The number of nitrogens with two attached hydrogens (primary N) is 1. The Morgan fingerprint density at radius 2 is 1.70 bits per heavy atom. The van der Waals surface area contributed by atoms with Crippen LogP contribution in [0.1, 0.15) is 28.9 Å². The summed E-state index contributed by atoms with van der Waals surface area (Å²) in [6.07, 6.45) is -0.428. The van der Waals surface area contributed by atoms with Crippen molar-refractivity contribution in [2.75, 3.05) is 12.3 Å². The molecular formula is C23H22Cl2N2O5S. The van der Waals surface area contributed by atoms with E-state index in [2.05, 4.69) is 0 Å². The van der Waals surface area contributed by atoms with E-state index in [-0.39, 0.29) is 27.9 Å². The highest BCUT2D eigenvalue weighted by Gasteiger charge is 2.22. The maximum Gasteiger partial charge on any atom is 0.266 e. The van der Waals surface area contributed by atoms with E-state index in [0.717, 1.165) is 5.56 Å². The fraction of sp³-hybridized carbons (Fsp3) is 0.174. The molecule has 0 aromatic heterocycles. The topological polar surface area (TPSA) is 108 Å². The van der Waals surface area contributed by atoms with Gasteiger partial charge in [-0.15, -0.1) is 0 Å². The van der Waals surface area contributed by atoms with E-state index in [1.54, 1.807) is 0 Å². The third-order valence-corrected chi connectivity index (χ3v) is 6.67. The molecule has 3 aromatic rings. The summed E-state index contributed by atoms with van der Waals surface area (Å²) < 4.78 is 37.3. The van der Waals surface area contributed by atoms with E-state index in [0.29, 0.717) is 11.5 Å². The summed E-state index contributed by atoms with van der Waals surface area (Å²) in [5.41, 5.74) is 5.97. The number of sulfonamides is 1.